The van der Waals surface area contributed by atoms with E-state index in [0.717, 1.165) is 10.5 Å². The maximum Gasteiger partial charge on any atom is 0.418 e. The Bertz CT molecular complexity index is 597. The van der Waals surface area contributed by atoms with E-state index in [2.05, 4.69) is 21.2 Å². The van der Waals surface area contributed by atoms with E-state index in [0.29, 0.717) is 11.4 Å². The van der Waals surface area contributed by atoms with E-state index in [-0.39, 0.29) is 5.69 Å². The van der Waals surface area contributed by atoms with Gasteiger partial charge in [0.15, 0.2) is 0 Å². The molecule has 2 aromatic rings. The van der Waals surface area contributed by atoms with E-state index in [1.165, 1.54) is 18.2 Å². The van der Waals surface area contributed by atoms with Gasteiger partial charge in [-0.3, -0.25) is 0 Å². The fourth-order valence-electron chi connectivity index (χ4n) is 1.63. The highest BCUT2D eigenvalue weighted by atomic mass is 79.9. The third-order valence-corrected chi connectivity index (χ3v) is 3.01. The number of hydrogen-bond donors (Lipinski definition) is 2. The van der Waals surface area contributed by atoms with Gasteiger partial charge < -0.3 is 11.1 Å². The summed E-state index contributed by atoms with van der Waals surface area (Å²) >= 11 is 3.24. The fraction of sp³-hybridized carbons (Fsp3) is 0.0769. The summed E-state index contributed by atoms with van der Waals surface area (Å²) in [4.78, 5) is 0. The highest BCUT2D eigenvalue weighted by molar-refractivity contribution is 9.10. The van der Waals surface area contributed by atoms with Crippen molar-refractivity contribution in [1.29, 1.82) is 0 Å². The number of para-hydroxylation sites is 1. The van der Waals surface area contributed by atoms with Crippen LogP contribution in [-0.2, 0) is 6.18 Å². The fourth-order valence-corrected chi connectivity index (χ4v) is 2.01. The minimum absolute atomic E-state index is 0.0241. The van der Waals surface area contributed by atoms with Gasteiger partial charge in [0.2, 0.25) is 0 Å². The molecule has 0 saturated heterocycles. The van der Waals surface area contributed by atoms with Crippen LogP contribution >= 0.6 is 15.9 Å². The number of anilines is 3. The molecule has 0 fully saturated rings. The minimum Gasteiger partial charge on any atom is -0.397 e. The van der Waals surface area contributed by atoms with Crippen molar-refractivity contribution in [2.24, 2.45) is 0 Å². The summed E-state index contributed by atoms with van der Waals surface area (Å²) < 4.78 is 39.3. The van der Waals surface area contributed by atoms with Gasteiger partial charge in [0.05, 0.1) is 22.6 Å². The molecule has 0 aliphatic rings. The van der Waals surface area contributed by atoms with E-state index in [9.17, 15) is 13.2 Å². The second kappa shape index (κ2) is 5.13. The lowest BCUT2D eigenvalue weighted by atomic mass is 10.1. The summed E-state index contributed by atoms with van der Waals surface area (Å²) in [7, 11) is 0. The first kappa shape index (κ1) is 13.7. The summed E-state index contributed by atoms with van der Waals surface area (Å²) in [6, 6.07) is 10.2. The Kier molecular flexibility index (Phi) is 3.71. The molecule has 0 unspecified atom stereocenters. The van der Waals surface area contributed by atoms with Crippen molar-refractivity contribution < 1.29 is 13.2 Å². The number of alkyl halides is 3. The predicted molar refractivity (Wildman–Crippen MR) is 73.3 cm³/mol. The van der Waals surface area contributed by atoms with Gasteiger partial charge in [-0.2, -0.15) is 13.2 Å². The second-order valence-corrected chi connectivity index (χ2v) is 4.82. The third kappa shape index (κ3) is 3.20. The largest absolute Gasteiger partial charge is 0.418 e. The minimum atomic E-state index is -4.41. The van der Waals surface area contributed by atoms with Crippen molar-refractivity contribution in [3.8, 4) is 0 Å². The zero-order valence-corrected chi connectivity index (χ0v) is 11.2. The maximum absolute atomic E-state index is 12.8. The SMILES string of the molecule is Nc1cc(Br)ccc1Nc1ccccc1C(F)(F)F. The number of nitrogen functional groups attached to an aromatic ring is 1. The van der Waals surface area contributed by atoms with Gasteiger partial charge in [-0.05, 0) is 30.3 Å². The lowest BCUT2D eigenvalue weighted by Gasteiger charge is -2.15. The number of rotatable bonds is 2. The van der Waals surface area contributed by atoms with Crippen molar-refractivity contribution in [3.63, 3.8) is 0 Å². The molecule has 0 spiro atoms. The van der Waals surface area contributed by atoms with Crippen LogP contribution in [0, 0.1) is 0 Å². The molecule has 0 aromatic heterocycles. The molecule has 0 aliphatic heterocycles. The summed E-state index contributed by atoms with van der Waals surface area (Å²) in [5.74, 6) is 0. The van der Waals surface area contributed by atoms with E-state index in [1.807, 2.05) is 0 Å². The Morgan fingerprint density at radius 2 is 1.68 bits per heavy atom. The molecule has 0 radical (unpaired) electrons. The first-order valence-corrected chi connectivity index (χ1v) is 6.15. The quantitative estimate of drug-likeness (QED) is 0.776. The summed E-state index contributed by atoms with van der Waals surface area (Å²) in [6.45, 7) is 0. The molecule has 0 atom stereocenters. The van der Waals surface area contributed by atoms with E-state index in [4.69, 9.17) is 5.73 Å². The Hall–Kier alpha value is -1.69. The van der Waals surface area contributed by atoms with Crippen LogP contribution in [0.3, 0.4) is 0 Å². The molecule has 0 bridgehead atoms. The average Bonchev–Trinajstić information content (AvgIpc) is 2.32. The predicted octanol–water partition coefficient (Wildman–Crippen LogP) is 4.79. The molecule has 0 aliphatic carbocycles. The number of hydrogen-bond acceptors (Lipinski definition) is 2. The normalized spacial score (nSPS) is 11.4. The Morgan fingerprint density at radius 1 is 1.00 bits per heavy atom. The van der Waals surface area contributed by atoms with E-state index in [1.54, 1.807) is 18.2 Å². The molecule has 2 rings (SSSR count). The van der Waals surface area contributed by atoms with Crippen molar-refractivity contribution in [1.82, 2.24) is 0 Å². The summed E-state index contributed by atoms with van der Waals surface area (Å²) in [6.07, 6.45) is -4.41. The van der Waals surface area contributed by atoms with Gasteiger partial charge in [-0.1, -0.05) is 28.1 Å². The van der Waals surface area contributed by atoms with Gasteiger partial charge >= 0.3 is 6.18 Å². The number of nitrogens with one attached hydrogen (secondary N) is 1. The van der Waals surface area contributed by atoms with Crippen LogP contribution in [0.1, 0.15) is 5.56 Å². The van der Waals surface area contributed by atoms with Crippen molar-refractivity contribution >= 4 is 33.0 Å². The van der Waals surface area contributed by atoms with Crippen molar-refractivity contribution in [2.75, 3.05) is 11.1 Å². The third-order valence-electron chi connectivity index (χ3n) is 2.52. The Balaban J connectivity index is 2.39. The molecule has 0 heterocycles. The topological polar surface area (TPSA) is 38.0 Å². The monoisotopic (exact) mass is 330 g/mol. The molecular formula is C13H10BrF3N2. The van der Waals surface area contributed by atoms with Gasteiger partial charge in [-0.25, -0.2) is 0 Å². The smallest absolute Gasteiger partial charge is 0.397 e. The van der Waals surface area contributed by atoms with Crippen LogP contribution in [0.25, 0.3) is 0 Å². The van der Waals surface area contributed by atoms with Gasteiger partial charge in [-0.15, -0.1) is 0 Å². The standard InChI is InChI=1S/C13H10BrF3N2/c14-8-5-6-12(10(18)7-8)19-11-4-2-1-3-9(11)13(15,16)17/h1-7,19H,18H2. The van der Waals surface area contributed by atoms with Crippen molar-refractivity contribution in [2.45, 2.75) is 6.18 Å². The zero-order valence-electron chi connectivity index (χ0n) is 9.63. The maximum atomic E-state index is 12.8. The molecule has 19 heavy (non-hydrogen) atoms. The molecule has 3 N–H and O–H groups in total. The zero-order chi connectivity index (χ0) is 14.0. The average molecular weight is 331 g/mol. The number of nitrogens with two attached hydrogens (primary N) is 1. The molecule has 2 aromatic carbocycles. The number of benzene rings is 2. The molecular weight excluding hydrogens is 321 g/mol. The van der Waals surface area contributed by atoms with E-state index >= 15 is 0 Å². The van der Waals surface area contributed by atoms with Crippen molar-refractivity contribution in [3.05, 3.63) is 52.5 Å². The Morgan fingerprint density at radius 3 is 2.32 bits per heavy atom. The molecule has 2 nitrogen and oxygen atoms in total. The van der Waals surface area contributed by atoms with Gasteiger partial charge in [0.25, 0.3) is 0 Å². The van der Waals surface area contributed by atoms with Crippen LogP contribution in [0.5, 0.6) is 0 Å². The van der Waals surface area contributed by atoms with Crippen LogP contribution < -0.4 is 11.1 Å². The summed E-state index contributed by atoms with van der Waals surface area (Å²) in [5, 5.41) is 2.71. The first-order valence-electron chi connectivity index (χ1n) is 5.36. The lowest BCUT2D eigenvalue weighted by molar-refractivity contribution is -0.136. The van der Waals surface area contributed by atoms with Crippen LogP contribution in [-0.4, -0.2) is 0 Å². The van der Waals surface area contributed by atoms with Crippen LogP contribution in [0.2, 0.25) is 0 Å². The molecule has 0 saturated carbocycles. The highest BCUT2D eigenvalue weighted by Gasteiger charge is 2.33. The van der Waals surface area contributed by atoms with Crippen LogP contribution in [0.4, 0.5) is 30.2 Å². The Labute approximate surface area is 116 Å². The summed E-state index contributed by atoms with van der Waals surface area (Å²) in [5.41, 5.74) is 5.80. The second-order valence-electron chi connectivity index (χ2n) is 3.90. The molecule has 6 heteroatoms. The molecule has 100 valence electrons. The van der Waals surface area contributed by atoms with E-state index < -0.39 is 11.7 Å². The van der Waals surface area contributed by atoms with Gasteiger partial charge in [0.1, 0.15) is 0 Å². The number of halogens is 4. The molecule has 0 amide bonds. The van der Waals surface area contributed by atoms with Crippen LogP contribution in [0.15, 0.2) is 46.9 Å². The lowest BCUT2D eigenvalue weighted by Crippen LogP contribution is -2.09. The van der Waals surface area contributed by atoms with Gasteiger partial charge in [0, 0.05) is 4.47 Å². The first-order chi connectivity index (χ1) is 8.88. The highest BCUT2D eigenvalue weighted by Crippen LogP contribution is 2.36.